The number of fused-ring (bicyclic) bond motifs is 1. The number of rotatable bonds is 5. The Balaban J connectivity index is 1.48. The van der Waals surface area contributed by atoms with Crippen LogP contribution < -0.4 is 9.91 Å². The molecule has 3 heterocycles. The Morgan fingerprint density at radius 1 is 1.03 bits per heavy atom. The number of amides is 1. The first-order valence-corrected chi connectivity index (χ1v) is 15.5. The first-order valence-electron chi connectivity index (χ1n) is 11.5. The summed E-state index contributed by atoms with van der Waals surface area (Å²) < 4.78 is 35.4. The first-order chi connectivity index (χ1) is 18.2. The maximum Gasteiger partial charge on any atom is 0.294 e. The summed E-state index contributed by atoms with van der Waals surface area (Å²) >= 11 is 6.40. The Bertz CT molecular complexity index is 1720. The van der Waals surface area contributed by atoms with Crippen molar-refractivity contribution in [3.63, 3.8) is 0 Å². The molecule has 4 aromatic rings. The van der Waals surface area contributed by atoms with Crippen LogP contribution in [-0.4, -0.2) is 40.3 Å². The van der Waals surface area contributed by atoms with Crippen molar-refractivity contribution < 1.29 is 17.8 Å². The van der Waals surface area contributed by atoms with Crippen LogP contribution in [0.5, 0.6) is 0 Å². The standard InChI is InChI=1S/C26H19BrN4O4S3/c27-21-9-2-1-6-17(21)12-13-18-15-26(31(29-18)19-7-5-8-20(14-19)38(33,34)35)30(24(32)16-36-26)25-28-22-10-3-4-11-23(22)37-25/h1-14H,15-16H2,(H,33,34,35)/b13-12+. The largest absolute Gasteiger partial charge is 0.294 e. The molecule has 1 unspecified atom stereocenters. The van der Waals surface area contributed by atoms with Crippen molar-refractivity contribution in [2.75, 3.05) is 15.7 Å². The van der Waals surface area contributed by atoms with E-state index in [1.807, 2.05) is 60.7 Å². The SMILES string of the molecule is O=C1CSC2(CC(/C=C/c3ccccc3Br)=NN2c2cccc(S(=O)(=O)O)c2)N1c1nc2ccccc2s1. The molecule has 1 N–H and O–H groups in total. The van der Waals surface area contributed by atoms with E-state index in [-0.39, 0.29) is 16.6 Å². The fraction of sp³-hybridized carbons (Fsp3) is 0.115. The van der Waals surface area contributed by atoms with Crippen molar-refractivity contribution in [2.45, 2.75) is 16.3 Å². The van der Waals surface area contributed by atoms with Gasteiger partial charge in [0.25, 0.3) is 10.1 Å². The van der Waals surface area contributed by atoms with Crippen LogP contribution in [0.2, 0.25) is 0 Å². The predicted octanol–water partition coefficient (Wildman–Crippen LogP) is 6.02. The van der Waals surface area contributed by atoms with E-state index in [9.17, 15) is 17.8 Å². The number of benzene rings is 3. The quantitative estimate of drug-likeness (QED) is 0.270. The monoisotopic (exact) mass is 626 g/mol. The summed E-state index contributed by atoms with van der Waals surface area (Å²) in [7, 11) is -4.44. The number of aromatic nitrogens is 1. The van der Waals surface area contributed by atoms with Crippen LogP contribution in [0.15, 0.2) is 93.3 Å². The maximum atomic E-state index is 13.4. The van der Waals surface area contributed by atoms with E-state index in [2.05, 4.69) is 15.9 Å². The molecular weight excluding hydrogens is 608 g/mol. The van der Waals surface area contributed by atoms with Gasteiger partial charge in [0.05, 0.1) is 32.3 Å². The van der Waals surface area contributed by atoms with Gasteiger partial charge in [-0.3, -0.25) is 14.2 Å². The highest BCUT2D eigenvalue weighted by molar-refractivity contribution is 9.10. The van der Waals surface area contributed by atoms with Crippen LogP contribution in [0, 0.1) is 0 Å². The third-order valence-electron chi connectivity index (χ3n) is 6.19. The molecule has 1 spiro atoms. The highest BCUT2D eigenvalue weighted by Crippen LogP contribution is 2.51. The number of hydrogen-bond acceptors (Lipinski definition) is 8. The Hall–Kier alpha value is -3.03. The van der Waals surface area contributed by atoms with Gasteiger partial charge in [0.2, 0.25) is 5.91 Å². The van der Waals surface area contributed by atoms with E-state index in [4.69, 9.17) is 10.1 Å². The second-order valence-electron chi connectivity index (χ2n) is 8.63. The molecule has 1 atom stereocenters. The summed E-state index contributed by atoms with van der Waals surface area (Å²) in [6, 6.07) is 21.4. The molecule has 1 aromatic heterocycles. The first kappa shape index (κ1) is 25.3. The summed E-state index contributed by atoms with van der Waals surface area (Å²) in [6.07, 6.45) is 4.21. The fourth-order valence-corrected chi connectivity index (χ4v) is 7.84. The van der Waals surface area contributed by atoms with Crippen molar-refractivity contribution >= 4 is 87.9 Å². The third kappa shape index (κ3) is 4.46. The molecule has 0 aliphatic carbocycles. The number of thiazole rings is 1. The van der Waals surface area contributed by atoms with E-state index >= 15 is 0 Å². The zero-order valence-electron chi connectivity index (χ0n) is 19.6. The summed E-state index contributed by atoms with van der Waals surface area (Å²) in [5.74, 6) is 0.0949. The molecular formula is C26H19BrN4O4S3. The Morgan fingerprint density at radius 2 is 1.82 bits per heavy atom. The molecule has 8 nitrogen and oxygen atoms in total. The topological polar surface area (TPSA) is 103 Å². The van der Waals surface area contributed by atoms with Crippen molar-refractivity contribution in [3.8, 4) is 0 Å². The molecule has 0 bridgehead atoms. The molecule has 12 heteroatoms. The van der Waals surface area contributed by atoms with Crippen LogP contribution in [0.1, 0.15) is 12.0 Å². The number of thioether (sulfide) groups is 1. The zero-order valence-corrected chi connectivity index (χ0v) is 23.6. The van der Waals surface area contributed by atoms with Gasteiger partial charge >= 0.3 is 0 Å². The van der Waals surface area contributed by atoms with Gasteiger partial charge in [0.15, 0.2) is 10.1 Å². The smallest absolute Gasteiger partial charge is 0.282 e. The highest BCUT2D eigenvalue weighted by Gasteiger charge is 2.56. The lowest BCUT2D eigenvalue weighted by molar-refractivity contribution is -0.116. The van der Waals surface area contributed by atoms with Crippen molar-refractivity contribution in [1.29, 1.82) is 0 Å². The lowest BCUT2D eigenvalue weighted by atomic mass is 10.1. The molecule has 0 radical (unpaired) electrons. The molecule has 1 fully saturated rings. The van der Waals surface area contributed by atoms with Gasteiger partial charge in [-0.15, -0.1) is 0 Å². The third-order valence-corrected chi connectivity index (χ3v) is 10.1. The average Bonchev–Trinajstić information content (AvgIpc) is 3.58. The van der Waals surface area contributed by atoms with Crippen LogP contribution >= 0.6 is 39.0 Å². The van der Waals surface area contributed by atoms with E-state index in [1.165, 1.54) is 35.2 Å². The van der Waals surface area contributed by atoms with Gasteiger partial charge in [-0.2, -0.15) is 13.5 Å². The molecule has 2 aliphatic heterocycles. The normalized spacial score (nSPS) is 19.8. The number of hydrogen-bond donors (Lipinski definition) is 1. The Morgan fingerprint density at radius 3 is 2.61 bits per heavy atom. The van der Waals surface area contributed by atoms with Gasteiger partial charge in [0, 0.05) is 10.9 Å². The Kier molecular flexibility index (Phi) is 6.39. The molecule has 3 aromatic carbocycles. The van der Waals surface area contributed by atoms with E-state index in [0.29, 0.717) is 23.0 Å². The summed E-state index contributed by atoms with van der Waals surface area (Å²) in [5.41, 5.74) is 2.89. The van der Waals surface area contributed by atoms with E-state index in [0.717, 1.165) is 20.3 Å². The van der Waals surface area contributed by atoms with E-state index in [1.54, 1.807) is 22.0 Å². The number of carbonyl (C=O) groups is 1. The van der Waals surface area contributed by atoms with Gasteiger partial charge < -0.3 is 0 Å². The van der Waals surface area contributed by atoms with Crippen molar-refractivity contribution in [1.82, 2.24) is 4.98 Å². The molecule has 192 valence electrons. The second-order valence-corrected chi connectivity index (χ2v) is 13.1. The van der Waals surface area contributed by atoms with Crippen LogP contribution in [0.3, 0.4) is 0 Å². The fourth-order valence-electron chi connectivity index (χ4n) is 4.48. The van der Waals surface area contributed by atoms with Crippen molar-refractivity contribution in [3.05, 3.63) is 88.9 Å². The summed E-state index contributed by atoms with van der Waals surface area (Å²) in [5, 5.41) is 7.07. The number of halogens is 1. The minimum absolute atomic E-state index is 0.115. The second kappa shape index (κ2) is 9.62. The zero-order chi connectivity index (χ0) is 26.5. The van der Waals surface area contributed by atoms with Gasteiger partial charge in [0.1, 0.15) is 0 Å². The lowest BCUT2D eigenvalue weighted by Gasteiger charge is -2.39. The van der Waals surface area contributed by atoms with Crippen LogP contribution in [-0.2, 0) is 14.9 Å². The number of carbonyl (C=O) groups excluding carboxylic acids is 1. The number of allylic oxidation sites excluding steroid dienone is 1. The number of nitrogens with zero attached hydrogens (tertiary/aromatic N) is 4. The van der Waals surface area contributed by atoms with Gasteiger partial charge in [-0.1, -0.05) is 81.5 Å². The molecule has 2 aliphatic rings. The molecule has 38 heavy (non-hydrogen) atoms. The van der Waals surface area contributed by atoms with Crippen LogP contribution in [0.4, 0.5) is 10.8 Å². The molecule has 1 saturated heterocycles. The average molecular weight is 628 g/mol. The lowest BCUT2D eigenvalue weighted by Crippen LogP contribution is -2.53. The molecule has 6 rings (SSSR count). The predicted molar refractivity (Wildman–Crippen MR) is 156 cm³/mol. The van der Waals surface area contributed by atoms with Gasteiger partial charge in [-0.25, -0.2) is 9.99 Å². The summed E-state index contributed by atoms with van der Waals surface area (Å²) in [6.45, 7) is 0. The minimum atomic E-state index is -4.44. The van der Waals surface area contributed by atoms with Crippen molar-refractivity contribution in [2.24, 2.45) is 5.10 Å². The minimum Gasteiger partial charge on any atom is -0.282 e. The van der Waals surface area contributed by atoms with E-state index < -0.39 is 15.1 Å². The van der Waals surface area contributed by atoms with Gasteiger partial charge in [-0.05, 0) is 48.0 Å². The molecule has 0 saturated carbocycles. The highest BCUT2D eigenvalue weighted by atomic mass is 79.9. The molecule has 1 amide bonds. The maximum absolute atomic E-state index is 13.4. The summed E-state index contributed by atoms with van der Waals surface area (Å²) in [4.78, 5) is 18.5. The number of hydrazone groups is 1. The number of anilines is 2. The van der Waals surface area contributed by atoms with Crippen LogP contribution in [0.25, 0.3) is 16.3 Å². The number of para-hydroxylation sites is 1. The Labute approximate surface area is 235 Å².